The summed E-state index contributed by atoms with van der Waals surface area (Å²) in [6, 6.07) is 3.92. The van der Waals surface area contributed by atoms with E-state index in [0.717, 1.165) is 12.8 Å². The van der Waals surface area contributed by atoms with E-state index in [0.29, 0.717) is 12.1 Å². The minimum absolute atomic E-state index is 0.0376. The Morgan fingerprint density at radius 1 is 1.61 bits per heavy atom. The molecular weight excluding hydrogens is 237 g/mol. The molecule has 1 aliphatic heterocycles. The van der Waals surface area contributed by atoms with Crippen LogP contribution in [0.2, 0.25) is 0 Å². The molecule has 5 heteroatoms. The molecule has 2 rings (SSSR count). The number of hydrogen-bond acceptors (Lipinski definition) is 3. The van der Waals surface area contributed by atoms with Crippen molar-refractivity contribution in [3.05, 3.63) is 29.6 Å². The van der Waals surface area contributed by atoms with Crippen LogP contribution in [0.4, 0.5) is 4.39 Å². The number of aliphatic hydroxyl groups excluding tert-OH is 1. The number of methoxy groups -OCH3 is 1. The summed E-state index contributed by atoms with van der Waals surface area (Å²) in [5.41, 5.74) is 0.383. The highest BCUT2D eigenvalue weighted by molar-refractivity contribution is 5.95. The third-order valence-corrected chi connectivity index (χ3v) is 3.25. The number of ether oxygens (including phenoxy) is 1. The number of benzene rings is 1. The van der Waals surface area contributed by atoms with E-state index in [1.165, 1.54) is 25.3 Å². The molecule has 1 aliphatic rings. The van der Waals surface area contributed by atoms with Gasteiger partial charge in [-0.15, -0.1) is 0 Å². The standard InChI is InChI=1S/C13H16FNO3/c1-18-12-7-9(4-5-11(12)14)13(17)15-6-2-3-10(15)8-16/h4-5,7,10,16H,2-3,6,8H2,1H3. The average molecular weight is 253 g/mol. The lowest BCUT2D eigenvalue weighted by atomic mass is 10.1. The lowest BCUT2D eigenvalue weighted by Gasteiger charge is -2.23. The zero-order valence-electron chi connectivity index (χ0n) is 10.2. The minimum atomic E-state index is -0.491. The van der Waals surface area contributed by atoms with Crippen LogP contribution in [-0.2, 0) is 0 Å². The van der Waals surface area contributed by atoms with Gasteiger partial charge < -0.3 is 14.7 Å². The van der Waals surface area contributed by atoms with Crippen molar-refractivity contribution in [3.8, 4) is 5.75 Å². The van der Waals surface area contributed by atoms with Crippen molar-refractivity contribution >= 4 is 5.91 Å². The third kappa shape index (κ3) is 2.31. The van der Waals surface area contributed by atoms with Gasteiger partial charge in [-0.3, -0.25) is 4.79 Å². The highest BCUT2D eigenvalue weighted by atomic mass is 19.1. The van der Waals surface area contributed by atoms with Gasteiger partial charge in [-0.25, -0.2) is 4.39 Å². The van der Waals surface area contributed by atoms with E-state index < -0.39 is 5.82 Å². The van der Waals surface area contributed by atoms with Gasteiger partial charge in [0.15, 0.2) is 11.6 Å². The minimum Gasteiger partial charge on any atom is -0.494 e. The Labute approximate surface area is 105 Å². The molecule has 18 heavy (non-hydrogen) atoms. The first-order valence-corrected chi connectivity index (χ1v) is 5.92. The van der Waals surface area contributed by atoms with Gasteiger partial charge in [0.25, 0.3) is 5.91 Å². The van der Waals surface area contributed by atoms with Crippen LogP contribution in [0.15, 0.2) is 18.2 Å². The predicted octanol–water partition coefficient (Wildman–Crippen LogP) is 1.43. The summed E-state index contributed by atoms with van der Waals surface area (Å²) in [6.07, 6.45) is 1.69. The van der Waals surface area contributed by atoms with Crippen molar-refractivity contribution in [2.45, 2.75) is 18.9 Å². The molecule has 1 fully saturated rings. The van der Waals surface area contributed by atoms with Gasteiger partial charge in [0.05, 0.1) is 19.8 Å². The number of aliphatic hydroxyl groups is 1. The highest BCUT2D eigenvalue weighted by Crippen LogP contribution is 2.23. The van der Waals surface area contributed by atoms with Crippen LogP contribution >= 0.6 is 0 Å². The summed E-state index contributed by atoms with van der Waals surface area (Å²) in [6.45, 7) is 0.591. The largest absolute Gasteiger partial charge is 0.494 e. The summed E-state index contributed by atoms with van der Waals surface area (Å²) in [7, 11) is 1.36. The maximum atomic E-state index is 13.3. The first-order valence-electron chi connectivity index (χ1n) is 5.92. The molecule has 1 heterocycles. The van der Waals surface area contributed by atoms with Gasteiger partial charge in [-0.2, -0.15) is 0 Å². The Kier molecular flexibility index (Phi) is 3.81. The molecule has 0 aliphatic carbocycles. The van der Waals surface area contributed by atoms with Gasteiger partial charge in [0.2, 0.25) is 0 Å². The maximum Gasteiger partial charge on any atom is 0.254 e. The maximum absolute atomic E-state index is 13.3. The van der Waals surface area contributed by atoms with Crippen molar-refractivity contribution in [2.24, 2.45) is 0 Å². The number of rotatable bonds is 3. The Morgan fingerprint density at radius 2 is 2.39 bits per heavy atom. The van der Waals surface area contributed by atoms with Gasteiger partial charge in [-0.05, 0) is 31.0 Å². The second kappa shape index (κ2) is 5.35. The van der Waals surface area contributed by atoms with Gasteiger partial charge in [-0.1, -0.05) is 0 Å². The van der Waals surface area contributed by atoms with Gasteiger partial charge >= 0.3 is 0 Å². The van der Waals surface area contributed by atoms with Gasteiger partial charge in [0, 0.05) is 12.1 Å². The summed E-state index contributed by atoms with van der Waals surface area (Å²) >= 11 is 0. The Balaban J connectivity index is 2.23. The quantitative estimate of drug-likeness (QED) is 0.886. The van der Waals surface area contributed by atoms with Gasteiger partial charge in [0.1, 0.15) is 0 Å². The lowest BCUT2D eigenvalue weighted by Crippen LogP contribution is -2.37. The first kappa shape index (κ1) is 12.8. The summed E-state index contributed by atoms with van der Waals surface area (Å²) in [5, 5.41) is 9.20. The van der Waals surface area contributed by atoms with Crippen molar-refractivity contribution < 1.29 is 19.0 Å². The molecule has 4 nitrogen and oxygen atoms in total. The molecule has 0 aromatic heterocycles. The number of carbonyl (C=O) groups excluding carboxylic acids is 1. The second-order valence-corrected chi connectivity index (χ2v) is 4.33. The average Bonchev–Trinajstić information content (AvgIpc) is 2.86. The molecule has 1 saturated heterocycles. The number of nitrogens with zero attached hydrogens (tertiary/aromatic N) is 1. The molecule has 0 bridgehead atoms. The van der Waals surface area contributed by atoms with Crippen molar-refractivity contribution in [1.29, 1.82) is 0 Å². The lowest BCUT2D eigenvalue weighted by molar-refractivity contribution is 0.0677. The van der Waals surface area contributed by atoms with Crippen molar-refractivity contribution in [2.75, 3.05) is 20.3 Å². The number of carbonyl (C=O) groups is 1. The SMILES string of the molecule is COc1cc(C(=O)N2CCCC2CO)ccc1F. The van der Waals surface area contributed by atoms with Crippen LogP contribution in [0.25, 0.3) is 0 Å². The molecule has 1 N–H and O–H groups in total. The molecule has 1 aromatic carbocycles. The summed E-state index contributed by atoms with van der Waals surface area (Å²) < 4.78 is 18.1. The number of likely N-dealkylation sites (tertiary alicyclic amines) is 1. The fourth-order valence-electron chi connectivity index (χ4n) is 2.25. The smallest absolute Gasteiger partial charge is 0.254 e. The van der Waals surface area contributed by atoms with Crippen LogP contribution in [0.5, 0.6) is 5.75 Å². The molecular formula is C13H16FNO3. The van der Waals surface area contributed by atoms with E-state index in [4.69, 9.17) is 4.74 Å². The van der Waals surface area contributed by atoms with E-state index in [2.05, 4.69) is 0 Å². The first-order chi connectivity index (χ1) is 8.67. The fourth-order valence-corrected chi connectivity index (χ4v) is 2.25. The predicted molar refractivity (Wildman–Crippen MR) is 64.1 cm³/mol. The molecule has 1 unspecified atom stereocenters. The van der Waals surface area contributed by atoms with Crippen molar-refractivity contribution in [3.63, 3.8) is 0 Å². The third-order valence-electron chi connectivity index (χ3n) is 3.25. The van der Waals surface area contributed by atoms with Crippen LogP contribution in [-0.4, -0.2) is 42.2 Å². The Bertz CT molecular complexity index is 450. The van der Waals surface area contributed by atoms with Crippen LogP contribution in [0.1, 0.15) is 23.2 Å². The van der Waals surface area contributed by atoms with Crippen LogP contribution in [0.3, 0.4) is 0 Å². The number of amides is 1. The molecule has 0 saturated carbocycles. The van der Waals surface area contributed by atoms with E-state index in [-0.39, 0.29) is 24.3 Å². The number of hydrogen-bond donors (Lipinski definition) is 1. The zero-order chi connectivity index (χ0) is 13.1. The summed E-state index contributed by atoms with van der Waals surface area (Å²) in [5.74, 6) is -0.625. The van der Waals surface area contributed by atoms with E-state index in [1.54, 1.807) is 4.90 Å². The number of halogens is 1. The zero-order valence-corrected chi connectivity index (χ0v) is 10.2. The molecule has 1 amide bonds. The molecule has 98 valence electrons. The molecule has 1 aromatic rings. The van der Waals surface area contributed by atoms with E-state index in [9.17, 15) is 14.3 Å². The molecule has 1 atom stereocenters. The summed E-state index contributed by atoms with van der Waals surface area (Å²) in [4.78, 5) is 13.9. The van der Waals surface area contributed by atoms with E-state index >= 15 is 0 Å². The normalized spacial score (nSPS) is 19.1. The Morgan fingerprint density at radius 3 is 3.06 bits per heavy atom. The highest BCUT2D eigenvalue weighted by Gasteiger charge is 2.29. The molecule has 0 spiro atoms. The van der Waals surface area contributed by atoms with Crippen molar-refractivity contribution in [1.82, 2.24) is 4.90 Å². The fraction of sp³-hybridized carbons (Fsp3) is 0.462. The Hall–Kier alpha value is -1.62. The monoisotopic (exact) mass is 253 g/mol. The second-order valence-electron chi connectivity index (χ2n) is 4.33. The molecule has 0 radical (unpaired) electrons. The topological polar surface area (TPSA) is 49.8 Å². The van der Waals surface area contributed by atoms with Crippen LogP contribution in [0, 0.1) is 5.82 Å². The van der Waals surface area contributed by atoms with Crippen LogP contribution < -0.4 is 4.74 Å². The van der Waals surface area contributed by atoms with E-state index in [1.807, 2.05) is 0 Å².